The minimum absolute atomic E-state index is 0. The van der Waals surface area contributed by atoms with E-state index in [1.807, 2.05) is 32.6 Å². The van der Waals surface area contributed by atoms with Crippen molar-refractivity contribution < 1.29 is 19.1 Å². The highest BCUT2D eigenvalue weighted by Crippen LogP contribution is 2.32. The Morgan fingerprint density at radius 3 is 2.27 bits per heavy atom. The average molecular weight is 538 g/mol. The van der Waals surface area contributed by atoms with E-state index in [4.69, 9.17) is 9.47 Å². The van der Waals surface area contributed by atoms with Gasteiger partial charge < -0.3 is 24.6 Å². The molecule has 1 saturated carbocycles. The first-order chi connectivity index (χ1) is 13.6. The minimum Gasteiger partial charge on any atom is -0.469 e. The maximum absolute atomic E-state index is 12.8. The van der Waals surface area contributed by atoms with Crippen LogP contribution >= 0.6 is 24.0 Å². The Balaban J connectivity index is 0.00000450. The number of carbonyl (C=O) groups is 2. The normalized spacial score (nSPS) is 18.9. The number of nitrogens with one attached hydrogen (secondary N) is 1. The zero-order valence-electron chi connectivity index (χ0n) is 19.3. The van der Waals surface area contributed by atoms with Crippen LogP contribution in [-0.4, -0.2) is 79.8 Å². The van der Waals surface area contributed by atoms with Gasteiger partial charge in [-0.3, -0.25) is 9.79 Å². The molecule has 1 heterocycles. The molecule has 1 atom stereocenters. The van der Waals surface area contributed by atoms with E-state index in [0.29, 0.717) is 12.5 Å². The van der Waals surface area contributed by atoms with Crippen molar-refractivity contribution in [2.24, 2.45) is 16.8 Å². The third kappa shape index (κ3) is 8.47. The molecular weight excluding hydrogens is 499 g/mol. The standard InChI is InChI=1S/C21H38N4O4.HI/c1-15(18(26)28-6)13-23-19(22-5)24-11-9-17(10-12-24)25(14-16-7-8-16)20(27)29-21(2,3)4;/h15-17H,7-14H2,1-6H3,(H,22,23);1H. The van der Waals surface area contributed by atoms with Gasteiger partial charge in [-0.1, -0.05) is 6.92 Å². The second-order valence-electron chi connectivity index (χ2n) is 9.15. The SMILES string of the molecule is CN=C(NCC(C)C(=O)OC)N1CCC(N(CC2CC2)C(=O)OC(C)(C)C)CC1.I. The van der Waals surface area contributed by atoms with Gasteiger partial charge >= 0.3 is 12.1 Å². The number of guanidine groups is 1. The predicted octanol–water partition coefficient (Wildman–Crippen LogP) is 3.10. The maximum Gasteiger partial charge on any atom is 0.410 e. The van der Waals surface area contributed by atoms with Crippen LogP contribution in [0.4, 0.5) is 4.79 Å². The van der Waals surface area contributed by atoms with Gasteiger partial charge in [-0.25, -0.2) is 4.79 Å². The second-order valence-corrected chi connectivity index (χ2v) is 9.15. The molecule has 1 unspecified atom stereocenters. The zero-order chi connectivity index (χ0) is 21.6. The van der Waals surface area contributed by atoms with Crippen LogP contribution in [-0.2, 0) is 14.3 Å². The summed E-state index contributed by atoms with van der Waals surface area (Å²) in [4.78, 5) is 32.9. The molecular formula is C21H39IN4O4. The van der Waals surface area contributed by atoms with Crippen LogP contribution in [0.2, 0.25) is 0 Å². The van der Waals surface area contributed by atoms with Gasteiger partial charge in [0.25, 0.3) is 0 Å². The van der Waals surface area contributed by atoms with E-state index in [1.54, 1.807) is 7.05 Å². The van der Waals surface area contributed by atoms with Gasteiger partial charge in [0.1, 0.15) is 5.60 Å². The van der Waals surface area contributed by atoms with Crippen molar-refractivity contribution in [2.45, 2.75) is 65.0 Å². The molecule has 8 nitrogen and oxygen atoms in total. The van der Waals surface area contributed by atoms with Crippen molar-refractivity contribution >= 4 is 42.0 Å². The summed E-state index contributed by atoms with van der Waals surface area (Å²) in [7, 11) is 3.15. The van der Waals surface area contributed by atoms with Gasteiger partial charge in [-0.05, 0) is 52.4 Å². The van der Waals surface area contributed by atoms with Gasteiger partial charge in [0, 0.05) is 39.3 Å². The van der Waals surface area contributed by atoms with E-state index in [2.05, 4.69) is 15.2 Å². The number of esters is 1. The first-order valence-corrected chi connectivity index (χ1v) is 10.7. The largest absolute Gasteiger partial charge is 0.469 e. The molecule has 9 heteroatoms. The van der Waals surface area contributed by atoms with Crippen LogP contribution in [0.25, 0.3) is 0 Å². The molecule has 0 aromatic heterocycles. The fraction of sp³-hybridized carbons (Fsp3) is 0.857. The number of nitrogens with zero attached hydrogens (tertiary/aromatic N) is 3. The summed E-state index contributed by atoms with van der Waals surface area (Å²) in [6, 6.07) is 0.189. The van der Waals surface area contributed by atoms with Crippen molar-refractivity contribution in [1.29, 1.82) is 0 Å². The lowest BCUT2D eigenvalue weighted by atomic mass is 10.0. The van der Waals surface area contributed by atoms with Gasteiger partial charge in [0.05, 0.1) is 13.0 Å². The minimum atomic E-state index is -0.484. The number of amides is 1. The highest BCUT2D eigenvalue weighted by Gasteiger charge is 2.35. The Hall–Kier alpha value is -1.26. The van der Waals surface area contributed by atoms with E-state index < -0.39 is 5.60 Å². The number of halogens is 1. The van der Waals surface area contributed by atoms with Crippen LogP contribution < -0.4 is 5.32 Å². The number of hydrogen-bond donors (Lipinski definition) is 1. The third-order valence-electron chi connectivity index (χ3n) is 5.37. The number of piperidine rings is 1. The molecule has 2 aliphatic rings. The number of aliphatic imine (C=N–C) groups is 1. The van der Waals surface area contributed by atoms with Crippen molar-refractivity contribution in [3.05, 3.63) is 0 Å². The van der Waals surface area contributed by atoms with Crippen molar-refractivity contribution in [2.75, 3.05) is 40.3 Å². The first-order valence-electron chi connectivity index (χ1n) is 10.7. The molecule has 0 bridgehead atoms. The van der Waals surface area contributed by atoms with Gasteiger partial charge in [0.2, 0.25) is 0 Å². The third-order valence-corrected chi connectivity index (χ3v) is 5.37. The van der Waals surface area contributed by atoms with Crippen molar-refractivity contribution in [1.82, 2.24) is 15.1 Å². The summed E-state index contributed by atoms with van der Waals surface area (Å²) in [6.45, 7) is 10.4. The zero-order valence-corrected chi connectivity index (χ0v) is 21.6. The number of methoxy groups -OCH3 is 1. The van der Waals surface area contributed by atoms with E-state index >= 15 is 0 Å². The Morgan fingerprint density at radius 2 is 1.80 bits per heavy atom. The molecule has 2 rings (SSSR count). The molecule has 1 N–H and O–H groups in total. The number of carbonyl (C=O) groups excluding carboxylic acids is 2. The van der Waals surface area contributed by atoms with E-state index in [-0.39, 0.29) is 48.0 Å². The molecule has 0 radical (unpaired) electrons. The molecule has 0 aromatic carbocycles. The smallest absolute Gasteiger partial charge is 0.410 e. The summed E-state index contributed by atoms with van der Waals surface area (Å²) in [5.74, 6) is 0.926. The first kappa shape index (κ1) is 26.8. The van der Waals surface area contributed by atoms with Gasteiger partial charge in [-0.2, -0.15) is 0 Å². The summed E-state index contributed by atoms with van der Waals surface area (Å²) in [5.41, 5.74) is -0.484. The monoisotopic (exact) mass is 538 g/mol. The van der Waals surface area contributed by atoms with Gasteiger partial charge in [0.15, 0.2) is 5.96 Å². The number of rotatable bonds is 6. The molecule has 2 fully saturated rings. The summed E-state index contributed by atoms with van der Waals surface area (Å²) in [6.07, 6.45) is 3.95. The lowest BCUT2D eigenvalue weighted by Gasteiger charge is -2.40. The van der Waals surface area contributed by atoms with Crippen LogP contribution in [0.1, 0.15) is 53.4 Å². The topological polar surface area (TPSA) is 83.5 Å². The Kier molecular flexibility index (Phi) is 10.7. The van der Waals surface area contributed by atoms with Crippen LogP contribution in [0.15, 0.2) is 4.99 Å². The molecule has 1 aliphatic carbocycles. The van der Waals surface area contributed by atoms with E-state index in [0.717, 1.165) is 38.4 Å². The summed E-state index contributed by atoms with van der Waals surface area (Å²) >= 11 is 0. The fourth-order valence-electron chi connectivity index (χ4n) is 3.52. The van der Waals surface area contributed by atoms with E-state index in [1.165, 1.54) is 20.0 Å². The Bertz CT molecular complexity index is 596. The Labute approximate surface area is 198 Å². The summed E-state index contributed by atoms with van der Waals surface area (Å²) < 4.78 is 10.4. The quantitative estimate of drug-likeness (QED) is 0.242. The Morgan fingerprint density at radius 1 is 1.20 bits per heavy atom. The van der Waals surface area contributed by atoms with Crippen molar-refractivity contribution in [3.8, 4) is 0 Å². The van der Waals surface area contributed by atoms with Crippen molar-refractivity contribution in [3.63, 3.8) is 0 Å². The highest BCUT2D eigenvalue weighted by atomic mass is 127. The highest BCUT2D eigenvalue weighted by molar-refractivity contribution is 14.0. The predicted molar refractivity (Wildman–Crippen MR) is 128 cm³/mol. The molecule has 1 saturated heterocycles. The van der Waals surface area contributed by atoms with Crippen LogP contribution in [0.5, 0.6) is 0 Å². The second kappa shape index (κ2) is 12.0. The molecule has 0 aromatic rings. The molecule has 30 heavy (non-hydrogen) atoms. The van der Waals surface area contributed by atoms with Gasteiger partial charge in [-0.15, -0.1) is 24.0 Å². The average Bonchev–Trinajstić information content (AvgIpc) is 3.49. The van der Waals surface area contributed by atoms with Crippen LogP contribution in [0, 0.1) is 11.8 Å². The lowest BCUT2D eigenvalue weighted by Crippen LogP contribution is -2.53. The summed E-state index contributed by atoms with van der Waals surface area (Å²) in [5, 5.41) is 3.26. The lowest BCUT2D eigenvalue weighted by molar-refractivity contribution is -0.144. The number of hydrogen-bond acceptors (Lipinski definition) is 5. The number of ether oxygens (including phenoxy) is 2. The molecule has 0 spiro atoms. The molecule has 1 amide bonds. The molecule has 1 aliphatic heterocycles. The maximum atomic E-state index is 12.8. The van der Waals surface area contributed by atoms with Crippen LogP contribution in [0.3, 0.4) is 0 Å². The fourth-order valence-corrected chi connectivity index (χ4v) is 3.52. The molecule has 174 valence electrons. The van der Waals surface area contributed by atoms with E-state index in [9.17, 15) is 9.59 Å². The number of likely N-dealkylation sites (tertiary alicyclic amines) is 1.